The van der Waals surface area contributed by atoms with E-state index in [1.807, 2.05) is 12.1 Å². The van der Waals surface area contributed by atoms with Gasteiger partial charge in [0.15, 0.2) is 0 Å². The fraction of sp³-hybridized carbons (Fsp3) is 0.471. The zero-order valence-corrected chi connectivity index (χ0v) is 22.4. The Kier molecular flexibility index (Phi) is 7.25. The fourth-order valence-corrected chi connectivity index (χ4v) is 7.79. The third kappa shape index (κ3) is 5.10. The molecule has 3 heteroatoms. The van der Waals surface area contributed by atoms with Crippen LogP contribution in [-0.4, -0.2) is 15.3 Å². The van der Waals surface area contributed by atoms with Gasteiger partial charge in [0.2, 0.25) is 0 Å². The van der Waals surface area contributed by atoms with Gasteiger partial charge in [-0.25, -0.2) is 0 Å². The molecule has 3 N–H and O–H groups in total. The van der Waals surface area contributed by atoms with Crippen LogP contribution in [0.25, 0.3) is 0 Å². The zero-order chi connectivity index (χ0) is 26.0. The van der Waals surface area contributed by atoms with Crippen molar-refractivity contribution in [2.75, 3.05) is 0 Å². The van der Waals surface area contributed by atoms with Crippen LogP contribution in [0.1, 0.15) is 88.3 Å². The van der Waals surface area contributed by atoms with Crippen LogP contribution < -0.4 is 0 Å². The summed E-state index contributed by atoms with van der Waals surface area (Å²) in [6, 6.07) is 23.6. The van der Waals surface area contributed by atoms with Crippen molar-refractivity contribution in [1.29, 1.82) is 0 Å². The van der Waals surface area contributed by atoms with Crippen molar-refractivity contribution in [2.45, 2.75) is 82.5 Å². The minimum atomic E-state index is -0.122. The van der Waals surface area contributed by atoms with Gasteiger partial charge in [0.1, 0.15) is 17.2 Å². The lowest BCUT2D eigenvalue weighted by molar-refractivity contribution is 0.100. The molecule has 2 fully saturated rings. The number of rotatable bonds is 6. The molecule has 2 saturated carbocycles. The highest BCUT2D eigenvalue weighted by Crippen LogP contribution is 2.56. The third-order valence-electron chi connectivity index (χ3n) is 9.70. The van der Waals surface area contributed by atoms with Crippen molar-refractivity contribution < 1.29 is 15.3 Å². The lowest BCUT2D eigenvalue weighted by Gasteiger charge is -2.51. The SMILES string of the molecule is CC(C)CC1CCC(c2ccc(O)cc2)(C2CCC(c3ccc(O)cc3)(c3ccc(O)cc3)CC2)CC1. The molecule has 3 nitrogen and oxygen atoms in total. The third-order valence-corrected chi connectivity index (χ3v) is 9.70. The Hall–Kier alpha value is -2.94. The molecular formula is C34H42O3. The minimum absolute atomic E-state index is 0.122. The van der Waals surface area contributed by atoms with Gasteiger partial charge in [0.25, 0.3) is 0 Å². The Morgan fingerprint density at radius 3 is 1.41 bits per heavy atom. The van der Waals surface area contributed by atoms with Crippen LogP contribution in [0.4, 0.5) is 0 Å². The molecule has 3 aromatic carbocycles. The lowest BCUT2D eigenvalue weighted by Crippen LogP contribution is -2.44. The Morgan fingerprint density at radius 2 is 1.00 bits per heavy atom. The average molecular weight is 499 g/mol. The van der Waals surface area contributed by atoms with Gasteiger partial charge in [-0.2, -0.15) is 0 Å². The van der Waals surface area contributed by atoms with Crippen LogP contribution >= 0.6 is 0 Å². The summed E-state index contributed by atoms with van der Waals surface area (Å²) in [5.74, 6) is 3.10. The maximum atomic E-state index is 10.0. The molecule has 0 heterocycles. The molecule has 0 spiro atoms. The lowest BCUT2D eigenvalue weighted by atomic mass is 9.53. The number of benzene rings is 3. The Morgan fingerprint density at radius 1 is 0.595 bits per heavy atom. The maximum Gasteiger partial charge on any atom is 0.115 e. The van der Waals surface area contributed by atoms with E-state index in [1.54, 1.807) is 24.3 Å². The van der Waals surface area contributed by atoms with Gasteiger partial charge in [0.05, 0.1) is 0 Å². The van der Waals surface area contributed by atoms with Gasteiger partial charge in [-0.05, 0) is 134 Å². The second-order valence-electron chi connectivity index (χ2n) is 12.2. The molecular weight excluding hydrogens is 456 g/mol. The van der Waals surface area contributed by atoms with E-state index in [1.165, 1.54) is 48.8 Å². The minimum Gasteiger partial charge on any atom is -0.508 e. The summed E-state index contributed by atoms with van der Waals surface area (Å²) in [6.45, 7) is 4.68. The molecule has 196 valence electrons. The van der Waals surface area contributed by atoms with Crippen LogP contribution in [0.15, 0.2) is 72.8 Å². The van der Waals surface area contributed by atoms with Crippen LogP contribution in [0, 0.1) is 17.8 Å². The summed E-state index contributed by atoms with van der Waals surface area (Å²) in [6.07, 6.45) is 10.7. The van der Waals surface area contributed by atoms with Crippen LogP contribution in [0.3, 0.4) is 0 Å². The number of phenolic OH excluding ortho intramolecular Hbond substituents is 3. The van der Waals surface area contributed by atoms with Crippen LogP contribution in [0.2, 0.25) is 0 Å². The smallest absolute Gasteiger partial charge is 0.115 e. The topological polar surface area (TPSA) is 60.7 Å². The summed E-state index contributed by atoms with van der Waals surface area (Å²) >= 11 is 0. The molecule has 0 saturated heterocycles. The molecule has 0 atom stereocenters. The number of phenols is 3. The highest BCUT2D eigenvalue weighted by atomic mass is 16.3. The molecule has 37 heavy (non-hydrogen) atoms. The normalized spacial score (nSPS) is 24.2. The summed E-state index contributed by atoms with van der Waals surface area (Å²) in [5, 5.41) is 29.9. The van der Waals surface area contributed by atoms with E-state index in [4.69, 9.17) is 0 Å². The highest BCUT2D eigenvalue weighted by Gasteiger charge is 2.48. The van der Waals surface area contributed by atoms with E-state index < -0.39 is 0 Å². The number of aromatic hydroxyl groups is 3. The predicted molar refractivity (Wildman–Crippen MR) is 150 cm³/mol. The number of hydrogen-bond donors (Lipinski definition) is 3. The van der Waals surface area contributed by atoms with Crippen molar-refractivity contribution in [3.05, 3.63) is 89.5 Å². The first-order valence-electron chi connectivity index (χ1n) is 14.2. The van der Waals surface area contributed by atoms with Crippen molar-refractivity contribution in [3.8, 4) is 17.2 Å². The molecule has 0 unspecified atom stereocenters. The van der Waals surface area contributed by atoms with E-state index >= 15 is 0 Å². The summed E-state index contributed by atoms with van der Waals surface area (Å²) in [7, 11) is 0. The van der Waals surface area contributed by atoms with Crippen molar-refractivity contribution in [2.24, 2.45) is 17.8 Å². The average Bonchev–Trinajstić information content (AvgIpc) is 2.90. The Labute approximate surface area is 222 Å². The Bertz CT molecular complexity index is 1100. The predicted octanol–water partition coefficient (Wildman–Crippen LogP) is 8.45. The molecule has 2 aliphatic rings. The molecule has 2 aliphatic carbocycles. The molecule has 0 aliphatic heterocycles. The van der Waals surface area contributed by atoms with E-state index in [9.17, 15) is 15.3 Å². The first-order chi connectivity index (χ1) is 17.8. The van der Waals surface area contributed by atoms with Crippen LogP contribution in [-0.2, 0) is 10.8 Å². The summed E-state index contributed by atoms with van der Waals surface area (Å²) < 4.78 is 0. The summed E-state index contributed by atoms with van der Waals surface area (Å²) in [5.41, 5.74) is 3.93. The van der Waals surface area contributed by atoms with E-state index in [-0.39, 0.29) is 10.8 Å². The maximum absolute atomic E-state index is 10.0. The largest absolute Gasteiger partial charge is 0.508 e. The van der Waals surface area contributed by atoms with E-state index in [0.29, 0.717) is 23.2 Å². The summed E-state index contributed by atoms with van der Waals surface area (Å²) in [4.78, 5) is 0. The fourth-order valence-electron chi connectivity index (χ4n) is 7.79. The van der Waals surface area contributed by atoms with Gasteiger partial charge in [0, 0.05) is 5.41 Å². The highest BCUT2D eigenvalue weighted by molar-refractivity contribution is 5.44. The zero-order valence-electron chi connectivity index (χ0n) is 22.4. The molecule has 0 bridgehead atoms. The molecule has 0 amide bonds. The number of hydrogen-bond acceptors (Lipinski definition) is 3. The van der Waals surface area contributed by atoms with Crippen molar-refractivity contribution in [3.63, 3.8) is 0 Å². The van der Waals surface area contributed by atoms with Crippen molar-refractivity contribution in [1.82, 2.24) is 0 Å². The van der Waals surface area contributed by atoms with Gasteiger partial charge >= 0.3 is 0 Å². The quantitative estimate of drug-likeness (QED) is 0.319. The second kappa shape index (κ2) is 10.4. The van der Waals surface area contributed by atoms with Gasteiger partial charge in [-0.1, -0.05) is 50.2 Å². The molecule has 0 radical (unpaired) electrons. The van der Waals surface area contributed by atoms with E-state index in [0.717, 1.165) is 37.5 Å². The second-order valence-corrected chi connectivity index (χ2v) is 12.2. The monoisotopic (exact) mass is 498 g/mol. The first-order valence-corrected chi connectivity index (χ1v) is 14.2. The molecule has 3 aromatic rings. The van der Waals surface area contributed by atoms with Gasteiger partial charge in [-0.15, -0.1) is 0 Å². The van der Waals surface area contributed by atoms with Crippen LogP contribution in [0.5, 0.6) is 17.2 Å². The standard InChI is InChI=1S/C34H42O3/c1-24(2)23-25-15-19-33(20-16-25,26-3-9-30(35)10-4-26)29-17-21-34(22-18-29,27-5-11-31(36)12-6-27)28-7-13-32(37)14-8-28/h3-14,24-25,29,35-37H,15-23H2,1-2H3. The Balaban J connectivity index is 1.46. The van der Waals surface area contributed by atoms with Gasteiger partial charge < -0.3 is 15.3 Å². The van der Waals surface area contributed by atoms with Gasteiger partial charge in [-0.3, -0.25) is 0 Å². The molecule has 0 aromatic heterocycles. The first kappa shape index (κ1) is 25.7. The van der Waals surface area contributed by atoms with E-state index in [2.05, 4.69) is 50.2 Å². The molecule has 5 rings (SSSR count). The van der Waals surface area contributed by atoms with Crippen molar-refractivity contribution >= 4 is 0 Å².